The summed E-state index contributed by atoms with van der Waals surface area (Å²) in [7, 11) is 0. The first-order valence-corrected chi connectivity index (χ1v) is 7.01. The van der Waals surface area contributed by atoms with Gasteiger partial charge in [0.05, 0.1) is 6.20 Å². The molecule has 22 heavy (non-hydrogen) atoms. The van der Waals surface area contributed by atoms with Crippen molar-refractivity contribution in [2.45, 2.75) is 39.9 Å². The van der Waals surface area contributed by atoms with Crippen molar-refractivity contribution in [3.63, 3.8) is 0 Å². The number of nitrogens with zero attached hydrogens (tertiary/aromatic N) is 4. The standard InChI is InChI=1S/C14H19N5O3/c1-4-18-9(2)11(8-17-18)7-15-13(20)10(3)19-12(14(21)22)5-6-16-19/h5-6,8,10H,4,7H2,1-3H3,(H,15,20)(H,21,22). The first-order chi connectivity index (χ1) is 10.5. The Hall–Kier alpha value is -2.64. The lowest BCUT2D eigenvalue weighted by atomic mass is 10.2. The van der Waals surface area contributed by atoms with Gasteiger partial charge >= 0.3 is 5.97 Å². The van der Waals surface area contributed by atoms with Gasteiger partial charge in [-0.2, -0.15) is 10.2 Å². The van der Waals surface area contributed by atoms with Crippen molar-refractivity contribution in [3.05, 3.63) is 35.4 Å². The van der Waals surface area contributed by atoms with E-state index < -0.39 is 12.0 Å². The van der Waals surface area contributed by atoms with E-state index in [-0.39, 0.29) is 11.6 Å². The predicted octanol–water partition coefficient (Wildman–Crippen LogP) is 0.984. The smallest absolute Gasteiger partial charge is 0.354 e. The molecule has 0 radical (unpaired) electrons. The molecule has 1 atom stereocenters. The number of carboxylic acids is 1. The van der Waals surface area contributed by atoms with Crippen LogP contribution in [-0.2, 0) is 17.9 Å². The van der Waals surface area contributed by atoms with Crippen molar-refractivity contribution in [3.8, 4) is 0 Å². The van der Waals surface area contributed by atoms with E-state index in [1.807, 2.05) is 18.5 Å². The van der Waals surface area contributed by atoms with E-state index in [0.29, 0.717) is 6.54 Å². The molecule has 0 aromatic carbocycles. The molecule has 0 saturated heterocycles. The number of hydrogen-bond acceptors (Lipinski definition) is 4. The summed E-state index contributed by atoms with van der Waals surface area (Å²) < 4.78 is 3.04. The molecule has 2 N–H and O–H groups in total. The van der Waals surface area contributed by atoms with Crippen molar-refractivity contribution in [2.75, 3.05) is 0 Å². The summed E-state index contributed by atoms with van der Waals surface area (Å²) in [5.41, 5.74) is 1.92. The summed E-state index contributed by atoms with van der Waals surface area (Å²) in [6.07, 6.45) is 3.09. The largest absolute Gasteiger partial charge is 0.477 e. The van der Waals surface area contributed by atoms with Gasteiger partial charge in [0.25, 0.3) is 0 Å². The van der Waals surface area contributed by atoms with Crippen LogP contribution < -0.4 is 5.32 Å². The molecule has 2 heterocycles. The van der Waals surface area contributed by atoms with Gasteiger partial charge in [-0.1, -0.05) is 0 Å². The Morgan fingerprint density at radius 1 is 1.41 bits per heavy atom. The Kier molecular flexibility index (Phi) is 4.59. The molecule has 2 aromatic rings. The van der Waals surface area contributed by atoms with Crippen LogP contribution in [0.4, 0.5) is 0 Å². The topological polar surface area (TPSA) is 102 Å². The summed E-state index contributed by atoms with van der Waals surface area (Å²) >= 11 is 0. The van der Waals surface area contributed by atoms with Gasteiger partial charge in [-0.15, -0.1) is 0 Å². The average molecular weight is 305 g/mol. The third-order valence-electron chi connectivity index (χ3n) is 3.59. The fourth-order valence-corrected chi connectivity index (χ4v) is 2.21. The van der Waals surface area contributed by atoms with Crippen molar-refractivity contribution in [1.29, 1.82) is 0 Å². The van der Waals surface area contributed by atoms with Crippen LogP contribution in [0, 0.1) is 6.92 Å². The second-order valence-corrected chi connectivity index (χ2v) is 4.93. The van der Waals surface area contributed by atoms with E-state index >= 15 is 0 Å². The fraction of sp³-hybridized carbons (Fsp3) is 0.429. The minimum Gasteiger partial charge on any atom is -0.477 e. The van der Waals surface area contributed by atoms with Crippen LogP contribution in [0.2, 0.25) is 0 Å². The number of hydrogen-bond donors (Lipinski definition) is 2. The summed E-state index contributed by atoms with van der Waals surface area (Å²) in [5, 5.41) is 20.0. The highest BCUT2D eigenvalue weighted by Crippen LogP contribution is 2.11. The SMILES string of the molecule is CCn1ncc(CNC(=O)C(C)n2nccc2C(=O)O)c1C. The van der Waals surface area contributed by atoms with E-state index in [9.17, 15) is 9.59 Å². The van der Waals surface area contributed by atoms with Gasteiger partial charge in [-0.3, -0.25) is 9.48 Å². The zero-order valence-electron chi connectivity index (χ0n) is 12.8. The molecule has 8 nitrogen and oxygen atoms in total. The molecular weight excluding hydrogens is 286 g/mol. The fourth-order valence-electron chi connectivity index (χ4n) is 2.21. The van der Waals surface area contributed by atoms with E-state index in [4.69, 9.17) is 5.11 Å². The molecule has 0 aliphatic rings. The van der Waals surface area contributed by atoms with Gasteiger partial charge < -0.3 is 10.4 Å². The number of carboxylic acid groups (broad SMARTS) is 1. The van der Waals surface area contributed by atoms with E-state index in [1.54, 1.807) is 13.1 Å². The number of aromatic carboxylic acids is 1. The van der Waals surface area contributed by atoms with Crippen LogP contribution in [0.5, 0.6) is 0 Å². The molecule has 0 bridgehead atoms. The van der Waals surface area contributed by atoms with Gasteiger partial charge in [-0.25, -0.2) is 9.48 Å². The van der Waals surface area contributed by atoms with Crippen LogP contribution in [0.15, 0.2) is 18.5 Å². The molecule has 0 aliphatic heterocycles. The van der Waals surface area contributed by atoms with Gasteiger partial charge in [0.15, 0.2) is 0 Å². The third-order valence-corrected chi connectivity index (χ3v) is 3.59. The first kappa shape index (κ1) is 15.7. The van der Waals surface area contributed by atoms with Crippen LogP contribution >= 0.6 is 0 Å². The second-order valence-electron chi connectivity index (χ2n) is 4.93. The Morgan fingerprint density at radius 2 is 2.14 bits per heavy atom. The number of carbonyl (C=O) groups is 2. The Labute approximate surface area is 127 Å². The molecule has 1 amide bonds. The Balaban J connectivity index is 2.04. The minimum atomic E-state index is -1.11. The van der Waals surface area contributed by atoms with Crippen LogP contribution in [0.1, 0.15) is 41.6 Å². The monoisotopic (exact) mass is 305 g/mol. The number of carbonyl (C=O) groups excluding carboxylic acids is 1. The summed E-state index contributed by atoms with van der Waals surface area (Å²) in [4.78, 5) is 23.3. The van der Waals surface area contributed by atoms with Crippen LogP contribution in [0.3, 0.4) is 0 Å². The van der Waals surface area contributed by atoms with E-state index in [2.05, 4.69) is 15.5 Å². The second kappa shape index (κ2) is 6.42. The molecule has 118 valence electrons. The highest BCUT2D eigenvalue weighted by molar-refractivity contribution is 5.87. The maximum absolute atomic E-state index is 12.2. The van der Waals surface area contributed by atoms with Gasteiger partial charge in [0.1, 0.15) is 11.7 Å². The highest BCUT2D eigenvalue weighted by atomic mass is 16.4. The van der Waals surface area contributed by atoms with E-state index in [0.717, 1.165) is 17.8 Å². The van der Waals surface area contributed by atoms with Crippen molar-refractivity contribution >= 4 is 11.9 Å². The molecule has 2 aromatic heterocycles. The lowest BCUT2D eigenvalue weighted by Gasteiger charge is -2.14. The maximum Gasteiger partial charge on any atom is 0.354 e. The Morgan fingerprint density at radius 3 is 2.73 bits per heavy atom. The quantitative estimate of drug-likeness (QED) is 0.828. The number of amides is 1. The Bertz CT molecular complexity index is 688. The lowest BCUT2D eigenvalue weighted by Crippen LogP contribution is -2.32. The molecule has 8 heteroatoms. The molecular formula is C14H19N5O3. The first-order valence-electron chi connectivity index (χ1n) is 7.01. The molecule has 0 fully saturated rings. The van der Waals surface area contributed by atoms with Gasteiger partial charge in [0.2, 0.25) is 5.91 Å². The van der Waals surface area contributed by atoms with E-state index in [1.165, 1.54) is 16.9 Å². The molecule has 1 unspecified atom stereocenters. The van der Waals surface area contributed by atoms with Gasteiger partial charge in [0, 0.05) is 30.5 Å². The van der Waals surface area contributed by atoms with Crippen molar-refractivity contribution in [2.24, 2.45) is 0 Å². The lowest BCUT2D eigenvalue weighted by molar-refractivity contribution is -0.124. The summed E-state index contributed by atoms with van der Waals surface area (Å²) in [6.45, 7) is 6.66. The normalized spacial score (nSPS) is 12.1. The van der Waals surface area contributed by atoms with Crippen molar-refractivity contribution < 1.29 is 14.7 Å². The average Bonchev–Trinajstić information content (AvgIpc) is 3.10. The molecule has 2 rings (SSSR count). The van der Waals surface area contributed by atoms with Crippen LogP contribution in [-0.4, -0.2) is 36.5 Å². The number of aryl methyl sites for hydroxylation is 1. The number of rotatable bonds is 6. The zero-order chi connectivity index (χ0) is 16.3. The predicted molar refractivity (Wildman–Crippen MR) is 78.4 cm³/mol. The van der Waals surface area contributed by atoms with Crippen molar-refractivity contribution in [1.82, 2.24) is 24.9 Å². The molecule has 0 saturated carbocycles. The molecule has 0 aliphatic carbocycles. The van der Waals surface area contributed by atoms with Gasteiger partial charge in [-0.05, 0) is 26.8 Å². The highest BCUT2D eigenvalue weighted by Gasteiger charge is 2.21. The molecule has 0 spiro atoms. The minimum absolute atomic E-state index is 0.0161. The van der Waals surface area contributed by atoms with Crippen LogP contribution in [0.25, 0.3) is 0 Å². The summed E-state index contributed by atoms with van der Waals surface area (Å²) in [5.74, 6) is -1.41. The summed E-state index contributed by atoms with van der Waals surface area (Å²) in [6, 6.07) is 0.657. The number of nitrogens with one attached hydrogen (secondary N) is 1. The maximum atomic E-state index is 12.2. The number of aromatic nitrogens is 4. The zero-order valence-corrected chi connectivity index (χ0v) is 12.8. The third kappa shape index (κ3) is 3.00.